The van der Waals surface area contributed by atoms with Crippen molar-refractivity contribution in [3.8, 4) is 34.0 Å². The number of nitrogens with zero attached hydrogens (tertiary/aromatic N) is 10. The summed E-state index contributed by atoms with van der Waals surface area (Å²) in [5.41, 5.74) is 23.4. The number of amides is 2. The predicted molar refractivity (Wildman–Crippen MR) is 271 cm³/mol. The van der Waals surface area contributed by atoms with Crippen LogP contribution >= 0.6 is 0 Å². The Kier molecular flexibility index (Phi) is 13.5. The second-order valence-electron chi connectivity index (χ2n) is 19.5. The molecule has 1 saturated heterocycles. The van der Waals surface area contributed by atoms with Crippen molar-refractivity contribution in [1.29, 1.82) is 0 Å². The van der Waals surface area contributed by atoms with Crippen molar-refractivity contribution in [3.05, 3.63) is 97.6 Å². The molecular formula is C52H60N14O4. The van der Waals surface area contributed by atoms with Crippen LogP contribution in [0, 0.1) is 5.41 Å². The molecular weight excluding hydrogens is 885 g/mol. The fourth-order valence-electron chi connectivity index (χ4n) is 9.28. The topological polar surface area (TPSA) is 250 Å². The highest BCUT2D eigenvalue weighted by Gasteiger charge is 2.29. The van der Waals surface area contributed by atoms with Crippen molar-refractivity contribution in [3.63, 3.8) is 0 Å². The van der Waals surface area contributed by atoms with Gasteiger partial charge in [-0.15, -0.1) is 0 Å². The van der Waals surface area contributed by atoms with Gasteiger partial charge >= 0.3 is 0 Å². The molecule has 5 aromatic heterocycles. The molecule has 18 nitrogen and oxygen atoms in total. The largest absolute Gasteiger partial charge is 0.457 e. The highest BCUT2D eigenvalue weighted by atomic mass is 16.5. The van der Waals surface area contributed by atoms with Crippen molar-refractivity contribution in [1.82, 2.24) is 54.7 Å². The van der Waals surface area contributed by atoms with E-state index in [1.807, 2.05) is 87.1 Å². The van der Waals surface area contributed by atoms with Gasteiger partial charge in [0.15, 0.2) is 16.9 Å². The molecule has 2 amide bonds. The van der Waals surface area contributed by atoms with Gasteiger partial charge < -0.3 is 36.6 Å². The van der Waals surface area contributed by atoms with E-state index in [-0.39, 0.29) is 34.8 Å². The number of aryl methyl sites for hydroxylation is 1. The van der Waals surface area contributed by atoms with Gasteiger partial charge in [-0.25, -0.2) is 29.3 Å². The standard InChI is InChI=1S/C52H60N14O4/c1-51(2,24-9-10-25-52(3,4)61-40(67)16-8-11-28-65-48-42(46(53)56-31-58-48)45(62-65)34-19-22-39-38(29-34)60-50(55)70-39)26-23-41(68)64-27-12-13-35(30-64)66-49-43(47(54)57-32-59-49)44(63-66)33-17-20-37(21-18-33)69-36-14-6-5-7-15-36/h5-7,14-15,17-23,26,29,31-32,35H,8-13,16,24-25,27-28,30H2,1-4H3,(H2,55,60)(H,61,67)(H2,53,56,58)(H2,54,57,59)/b26-23+/t35-/m1/s1. The van der Waals surface area contributed by atoms with Crippen LogP contribution in [0.15, 0.2) is 102 Å². The number of likely N-dealkylation sites (tertiary alicyclic amines) is 1. The lowest BCUT2D eigenvalue weighted by molar-refractivity contribution is -0.127. The van der Waals surface area contributed by atoms with E-state index in [1.165, 1.54) is 12.7 Å². The Balaban J connectivity index is 0.731. The van der Waals surface area contributed by atoms with Crippen LogP contribution < -0.4 is 27.3 Å². The summed E-state index contributed by atoms with van der Waals surface area (Å²) >= 11 is 0. The van der Waals surface area contributed by atoms with Crippen molar-refractivity contribution in [2.24, 2.45) is 5.41 Å². The van der Waals surface area contributed by atoms with E-state index in [2.05, 4.69) is 57.9 Å². The molecule has 0 bridgehead atoms. The zero-order chi connectivity index (χ0) is 49.0. The number of carbonyl (C=O) groups excluding carboxylic acids is 2. The first-order valence-electron chi connectivity index (χ1n) is 23.9. The maximum atomic E-state index is 13.7. The Morgan fingerprint density at radius 2 is 1.49 bits per heavy atom. The van der Waals surface area contributed by atoms with Gasteiger partial charge in [0.1, 0.15) is 52.7 Å². The number of nitrogens with one attached hydrogen (secondary N) is 1. The fourth-order valence-corrected chi connectivity index (χ4v) is 9.28. The summed E-state index contributed by atoms with van der Waals surface area (Å²) in [5, 5.41) is 14.5. The van der Waals surface area contributed by atoms with Crippen LogP contribution in [0.2, 0.25) is 0 Å². The van der Waals surface area contributed by atoms with Gasteiger partial charge in [-0.2, -0.15) is 15.2 Å². The van der Waals surface area contributed by atoms with E-state index in [0.717, 1.165) is 55.4 Å². The number of nitrogens with two attached hydrogens (primary N) is 3. The molecule has 0 saturated carbocycles. The second kappa shape index (κ2) is 20.0. The summed E-state index contributed by atoms with van der Waals surface area (Å²) < 4.78 is 15.2. The summed E-state index contributed by atoms with van der Waals surface area (Å²) in [5.74, 6) is 2.14. The third kappa shape index (κ3) is 10.7. The molecule has 18 heteroatoms. The number of para-hydroxylation sites is 1. The minimum absolute atomic E-state index is 0.0167. The lowest BCUT2D eigenvalue weighted by Gasteiger charge is -2.32. The summed E-state index contributed by atoms with van der Waals surface area (Å²) in [6.45, 7) is 10.2. The third-order valence-corrected chi connectivity index (χ3v) is 13.0. The van der Waals surface area contributed by atoms with Gasteiger partial charge in [0.05, 0.1) is 16.8 Å². The molecule has 9 rings (SSSR count). The first kappa shape index (κ1) is 47.2. The zero-order valence-electron chi connectivity index (χ0n) is 40.1. The van der Waals surface area contributed by atoms with Crippen molar-refractivity contribution in [2.75, 3.05) is 30.3 Å². The molecule has 0 aliphatic carbocycles. The molecule has 0 spiro atoms. The summed E-state index contributed by atoms with van der Waals surface area (Å²) in [4.78, 5) is 50.6. The van der Waals surface area contributed by atoms with Crippen molar-refractivity contribution >= 4 is 62.6 Å². The van der Waals surface area contributed by atoms with Gasteiger partial charge in [0.2, 0.25) is 11.8 Å². The van der Waals surface area contributed by atoms with Crippen LogP contribution in [0.3, 0.4) is 0 Å². The minimum atomic E-state index is -0.366. The van der Waals surface area contributed by atoms with Gasteiger partial charge in [-0.3, -0.25) is 9.59 Å². The molecule has 0 radical (unpaired) electrons. The molecule has 70 heavy (non-hydrogen) atoms. The summed E-state index contributed by atoms with van der Waals surface area (Å²) in [6, 6.07) is 22.9. The predicted octanol–water partition coefficient (Wildman–Crippen LogP) is 9.05. The number of anilines is 3. The monoisotopic (exact) mass is 944 g/mol. The van der Waals surface area contributed by atoms with Crippen molar-refractivity contribution in [2.45, 2.75) is 104 Å². The number of hydrogen-bond acceptors (Lipinski definition) is 14. The van der Waals surface area contributed by atoms with Crippen molar-refractivity contribution < 1.29 is 18.7 Å². The Labute approximate surface area is 405 Å². The number of fused-ring (bicyclic) bond motifs is 3. The van der Waals surface area contributed by atoms with E-state index < -0.39 is 0 Å². The van der Waals surface area contributed by atoms with E-state index in [9.17, 15) is 9.59 Å². The van der Waals surface area contributed by atoms with Gasteiger partial charge in [-0.05, 0) is 118 Å². The molecule has 1 aliphatic heterocycles. The first-order valence-corrected chi connectivity index (χ1v) is 23.9. The first-order chi connectivity index (χ1) is 33.7. The van der Waals surface area contributed by atoms with Crippen LogP contribution in [0.1, 0.15) is 91.5 Å². The zero-order valence-corrected chi connectivity index (χ0v) is 40.1. The van der Waals surface area contributed by atoms with Gasteiger partial charge in [-0.1, -0.05) is 51.0 Å². The number of ether oxygens (including phenoxy) is 1. The molecule has 362 valence electrons. The minimum Gasteiger partial charge on any atom is -0.457 e. The Bertz CT molecular complexity index is 3170. The number of aromatic nitrogens is 9. The Morgan fingerprint density at radius 3 is 2.26 bits per heavy atom. The van der Waals surface area contributed by atoms with E-state index >= 15 is 0 Å². The molecule has 1 atom stereocenters. The SMILES string of the molecule is CC(C)(/C=C/C(=O)N1CCC[C@@H](n2nc(-c3ccc(Oc4ccccc4)cc3)c3c(N)ncnc32)C1)CCCCC(C)(C)NC(=O)CCCCn1nc(-c2ccc3oc(N)nc3c2)c2c(N)ncnc21. The van der Waals surface area contributed by atoms with Crippen LogP contribution in [0.25, 0.3) is 55.7 Å². The summed E-state index contributed by atoms with van der Waals surface area (Å²) in [7, 11) is 0. The molecule has 8 aromatic rings. The summed E-state index contributed by atoms with van der Waals surface area (Å²) in [6.07, 6.45) is 13.7. The number of hydrogen-bond donors (Lipinski definition) is 4. The van der Waals surface area contributed by atoms with Crippen LogP contribution in [-0.2, 0) is 16.1 Å². The Hall–Kier alpha value is -7.89. The van der Waals surface area contributed by atoms with E-state index in [4.69, 9.17) is 36.6 Å². The molecule has 0 unspecified atom stereocenters. The lowest BCUT2D eigenvalue weighted by atomic mass is 9.85. The van der Waals surface area contributed by atoms with Crippen LogP contribution in [0.4, 0.5) is 17.7 Å². The number of benzene rings is 3. The second-order valence-corrected chi connectivity index (χ2v) is 19.5. The number of carbonyl (C=O) groups is 2. The average molecular weight is 945 g/mol. The number of unbranched alkanes of at least 4 members (excludes halogenated alkanes) is 2. The third-order valence-electron chi connectivity index (χ3n) is 13.0. The molecule has 1 fully saturated rings. The number of oxazole rings is 1. The smallest absolute Gasteiger partial charge is 0.292 e. The number of rotatable bonds is 18. The maximum absolute atomic E-state index is 13.7. The normalized spacial score (nSPS) is 14.6. The maximum Gasteiger partial charge on any atom is 0.292 e. The van der Waals surface area contributed by atoms with Gasteiger partial charge in [0.25, 0.3) is 6.01 Å². The Morgan fingerprint density at radius 1 is 0.800 bits per heavy atom. The number of nitrogen functional groups attached to an aromatic ring is 3. The molecule has 3 aromatic carbocycles. The highest BCUT2D eigenvalue weighted by molar-refractivity contribution is 6.00. The molecule has 6 heterocycles. The van der Waals surface area contributed by atoms with E-state index in [1.54, 1.807) is 12.1 Å². The fraction of sp³-hybridized carbons (Fsp3) is 0.365. The quantitative estimate of drug-likeness (QED) is 0.0463. The van der Waals surface area contributed by atoms with Crippen LogP contribution in [-0.4, -0.2) is 79.8 Å². The average Bonchev–Trinajstić information content (AvgIpc) is 4.05. The lowest BCUT2D eigenvalue weighted by Crippen LogP contribution is -2.43. The van der Waals surface area contributed by atoms with E-state index in [0.29, 0.717) is 101 Å². The van der Waals surface area contributed by atoms with Gasteiger partial charge in [0, 0.05) is 42.7 Å². The van der Waals surface area contributed by atoms with Crippen LogP contribution in [0.5, 0.6) is 11.5 Å². The highest BCUT2D eigenvalue weighted by Crippen LogP contribution is 2.36. The molecule has 7 N–H and O–H groups in total. The molecule has 1 aliphatic rings. The number of piperidine rings is 1. The number of allylic oxidation sites excluding steroid dienone is 1.